The van der Waals surface area contributed by atoms with E-state index in [-0.39, 0.29) is 26.9 Å². The molecule has 0 unspecified atom stereocenters. The van der Waals surface area contributed by atoms with Gasteiger partial charge < -0.3 is 4.74 Å². The van der Waals surface area contributed by atoms with Crippen LogP contribution in [0.1, 0.15) is 15.9 Å². The number of rotatable bonds is 5. The van der Waals surface area contributed by atoms with Gasteiger partial charge in [0, 0.05) is 28.1 Å². The van der Waals surface area contributed by atoms with Crippen LogP contribution >= 0.6 is 22.3 Å². The van der Waals surface area contributed by atoms with Crippen molar-refractivity contribution < 1.29 is 26.4 Å². The minimum absolute atomic E-state index is 0.000419. The van der Waals surface area contributed by atoms with Crippen molar-refractivity contribution in [2.75, 3.05) is 6.26 Å². The van der Waals surface area contributed by atoms with Gasteiger partial charge >= 0.3 is 0 Å². The fourth-order valence-electron chi connectivity index (χ4n) is 1.98. The molecule has 134 valence electrons. The summed E-state index contributed by atoms with van der Waals surface area (Å²) in [4.78, 5) is 11.3. The lowest BCUT2D eigenvalue weighted by Crippen LogP contribution is -2.04. The summed E-state index contributed by atoms with van der Waals surface area (Å²) >= 11 is 5.51. The highest BCUT2D eigenvalue weighted by atomic mass is 35.7. The summed E-state index contributed by atoms with van der Waals surface area (Å²) in [5, 5.41) is -0.823. The summed E-state index contributed by atoms with van der Waals surface area (Å²) in [7, 11) is -2.24. The van der Waals surface area contributed by atoms with Crippen LogP contribution in [0.2, 0.25) is 0 Å². The van der Waals surface area contributed by atoms with Crippen LogP contribution in [-0.2, 0) is 18.9 Å². The number of halogens is 2. The van der Waals surface area contributed by atoms with E-state index in [0.29, 0.717) is 5.56 Å². The molecule has 0 spiro atoms. The molecule has 2 aromatic carbocycles. The molecule has 0 saturated carbocycles. The standard InChI is InChI=1S/C15H12Cl2O6S2/c1-9-13(15(16)18)7-12(24(2,19)20)8-14(9)23-10-3-5-11(6-4-10)25(17,21)22/h3-8H,1-2H3. The summed E-state index contributed by atoms with van der Waals surface area (Å²) < 4.78 is 51.6. The zero-order valence-corrected chi connectivity index (χ0v) is 16.1. The number of hydrogen-bond donors (Lipinski definition) is 0. The SMILES string of the molecule is Cc1c(Oc2ccc(S(=O)(=O)Cl)cc2)cc(S(C)(=O)=O)cc1C(=O)Cl. The van der Waals surface area contributed by atoms with E-state index in [2.05, 4.69) is 0 Å². The van der Waals surface area contributed by atoms with Crippen LogP contribution in [0.3, 0.4) is 0 Å². The van der Waals surface area contributed by atoms with E-state index in [1.165, 1.54) is 36.4 Å². The third kappa shape index (κ3) is 4.72. The smallest absolute Gasteiger partial charge is 0.261 e. The molecular formula is C15H12Cl2O6S2. The molecule has 25 heavy (non-hydrogen) atoms. The summed E-state index contributed by atoms with van der Waals surface area (Å²) in [5.74, 6) is 0.333. The van der Waals surface area contributed by atoms with Gasteiger partial charge in [0.15, 0.2) is 9.84 Å². The van der Waals surface area contributed by atoms with Crippen LogP contribution in [-0.4, -0.2) is 28.3 Å². The van der Waals surface area contributed by atoms with Gasteiger partial charge in [-0.05, 0) is 54.9 Å². The molecule has 0 heterocycles. The minimum Gasteiger partial charge on any atom is -0.457 e. The molecule has 0 aliphatic carbocycles. The van der Waals surface area contributed by atoms with Crippen molar-refractivity contribution in [2.45, 2.75) is 16.7 Å². The number of ether oxygens (including phenoxy) is 1. The number of carbonyl (C=O) groups is 1. The van der Waals surface area contributed by atoms with E-state index in [4.69, 9.17) is 27.0 Å². The molecule has 2 rings (SSSR count). The molecule has 0 amide bonds. The van der Waals surface area contributed by atoms with Crippen molar-refractivity contribution in [1.82, 2.24) is 0 Å². The Kier molecular flexibility index (Phi) is 5.48. The molecule has 2 aromatic rings. The van der Waals surface area contributed by atoms with E-state index in [1.807, 2.05) is 0 Å². The molecule has 0 radical (unpaired) electrons. The molecular weight excluding hydrogens is 411 g/mol. The molecule has 10 heteroatoms. The molecule has 0 aliphatic heterocycles. The molecule has 0 saturated heterocycles. The van der Waals surface area contributed by atoms with Gasteiger partial charge in [-0.25, -0.2) is 16.8 Å². The number of hydrogen-bond acceptors (Lipinski definition) is 6. The van der Waals surface area contributed by atoms with Crippen LogP contribution in [0, 0.1) is 6.92 Å². The Labute approximate surface area is 154 Å². The van der Waals surface area contributed by atoms with E-state index in [0.717, 1.165) is 6.26 Å². The van der Waals surface area contributed by atoms with Gasteiger partial charge in [0.1, 0.15) is 11.5 Å². The molecule has 0 aliphatic rings. The number of sulfone groups is 1. The molecule has 0 aromatic heterocycles. The van der Waals surface area contributed by atoms with E-state index in [1.54, 1.807) is 6.92 Å². The molecule has 0 fully saturated rings. The quantitative estimate of drug-likeness (QED) is 0.684. The lowest BCUT2D eigenvalue weighted by molar-refractivity contribution is 0.108. The van der Waals surface area contributed by atoms with Gasteiger partial charge in [-0.1, -0.05) is 0 Å². The van der Waals surface area contributed by atoms with Gasteiger partial charge in [0.25, 0.3) is 14.3 Å². The van der Waals surface area contributed by atoms with Crippen LogP contribution in [0.5, 0.6) is 11.5 Å². The zero-order valence-electron chi connectivity index (χ0n) is 13.0. The Balaban J connectivity index is 2.52. The fourth-order valence-corrected chi connectivity index (χ4v) is 3.60. The van der Waals surface area contributed by atoms with Crippen LogP contribution in [0.25, 0.3) is 0 Å². The first-order valence-corrected chi connectivity index (χ1v) is 11.2. The lowest BCUT2D eigenvalue weighted by Gasteiger charge is -2.13. The van der Waals surface area contributed by atoms with Crippen molar-refractivity contribution >= 4 is 46.4 Å². The maximum atomic E-state index is 11.8. The monoisotopic (exact) mass is 422 g/mol. The van der Waals surface area contributed by atoms with Gasteiger partial charge in [0.05, 0.1) is 9.79 Å². The second-order valence-electron chi connectivity index (χ2n) is 5.15. The average Bonchev–Trinajstić information content (AvgIpc) is 2.47. The fraction of sp³-hybridized carbons (Fsp3) is 0.133. The van der Waals surface area contributed by atoms with Crippen LogP contribution < -0.4 is 4.74 Å². The summed E-state index contributed by atoms with van der Waals surface area (Å²) in [6.45, 7) is 1.55. The van der Waals surface area contributed by atoms with Crippen molar-refractivity contribution in [3.8, 4) is 11.5 Å². The lowest BCUT2D eigenvalue weighted by atomic mass is 10.1. The molecule has 6 nitrogen and oxygen atoms in total. The van der Waals surface area contributed by atoms with Gasteiger partial charge in [-0.15, -0.1) is 0 Å². The zero-order chi connectivity index (χ0) is 19.0. The Bertz CT molecular complexity index is 1040. The Morgan fingerprint density at radius 3 is 2.00 bits per heavy atom. The third-order valence-electron chi connectivity index (χ3n) is 3.31. The normalized spacial score (nSPS) is 12.0. The maximum absolute atomic E-state index is 11.8. The highest BCUT2D eigenvalue weighted by Gasteiger charge is 2.18. The van der Waals surface area contributed by atoms with Gasteiger partial charge in [-0.3, -0.25) is 4.79 Å². The van der Waals surface area contributed by atoms with Gasteiger partial charge in [0.2, 0.25) is 0 Å². The number of benzene rings is 2. The van der Waals surface area contributed by atoms with E-state index in [9.17, 15) is 21.6 Å². The van der Waals surface area contributed by atoms with Gasteiger partial charge in [-0.2, -0.15) is 0 Å². The second kappa shape index (κ2) is 6.95. The first kappa shape index (κ1) is 19.7. The Morgan fingerprint density at radius 1 is 1.00 bits per heavy atom. The van der Waals surface area contributed by atoms with Crippen molar-refractivity contribution in [2.24, 2.45) is 0 Å². The highest BCUT2D eigenvalue weighted by molar-refractivity contribution is 8.13. The van der Waals surface area contributed by atoms with Crippen LogP contribution in [0.4, 0.5) is 0 Å². The highest BCUT2D eigenvalue weighted by Crippen LogP contribution is 2.32. The number of carbonyl (C=O) groups excluding carboxylic acids is 1. The van der Waals surface area contributed by atoms with E-state index >= 15 is 0 Å². The minimum atomic E-state index is -3.87. The molecule has 0 bridgehead atoms. The molecule has 0 N–H and O–H groups in total. The van der Waals surface area contributed by atoms with Crippen molar-refractivity contribution in [3.05, 3.63) is 47.5 Å². The largest absolute Gasteiger partial charge is 0.457 e. The van der Waals surface area contributed by atoms with E-state index < -0.39 is 24.1 Å². The van der Waals surface area contributed by atoms with Crippen molar-refractivity contribution in [3.63, 3.8) is 0 Å². The second-order valence-corrected chi connectivity index (χ2v) is 10.1. The maximum Gasteiger partial charge on any atom is 0.261 e. The first-order chi connectivity index (χ1) is 11.4. The summed E-state index contributed by atoms with van der Waals surface area (Å²) in [6, 6.07) is 7.62. The third-order valence-corrected chi connectivity index (χ3v) is 5.97. The Morgan fingerprint density at radius 2 is 1.56 bits per heavy atom. The predicted octanol–water partition coefficient (Wildman–Crippen LogP) is 3.50. The van der Waals surface area contributed by atoms with Crippen LogP contribution in [0.15, 0.2) is 46.2 Å². The predicted molar refractivity (Wildman–Crippen MR) is 94.0 cm³/mol. The molecule has 0 atom stereocenters. The average molecular weight is 423 g/mol. The first-order valence-electron chi connectivity index (χ1n) is 6.66. The van der Waals surface area contributed by atoms with Crippen molar-refractivity contribution in [1.29, 1.82) is 0 Å². The summed E-state index contributed by atoms with van der Waals surface area (Å²) in [6.07, 6.45) is 0.990. The topological polar surface area (TPSA) is 94.6 Å². The summed E-state index contributed by atoms with van der Waals surface area (Å²) in [5.41, 5.74) is 0.348. The Hall–Kier alpha value is -1.61.